The van der Waals surface area contributed by atoms with E-state index >= 15 is 0 Å². The summed E-state index contributed by atoms with van der Waals surface area (Å²) in [6.45, 7) is 4.31. The zero-order valence-corrected chi connectivity index (χ0v) is 12.4. The monoisotopic (exact) mass is 271 g/mol. The lowest BCUT2D eigenvalue weighted by atomic mass is 10.1. The van der Waals surface area contributed by atoms with Crippen LogP contribution in [-0.4, -0.2) is 6.54 Å². The van der Waals surface area contributed by atoms with E-state index in [1.54, 1.807) is 11.1 Å². The molecule has 1 aromatic carbocycles. The Morgan fingerprint density at radius 3 is 2.89 bits per heavy atom. The lowest BCUT2D eigenvalue weighted by Gasteiger charge is -2.03. The summed E-state index contributed by atoms with van der Waals surface area (Å²) in [6, 6.07) is 11.5. The van der Waals surface area contributed by atoms with Gasteiger partial charge in [0.25, 0.3) is 0 Å². The molecule has 0 saturated heterocycles. The molecule has 1 aliphatic carbocycles. The summed E-state index contributed by atoms with van der Waals surface area (Å²) in [7, 11) is 0. The van der Waals surface area contributed by atoms with Gasteiger partial charge in [-0.3, -0.25) is 0 Å². The third kappa shape index (κ3) is 2.90. The normalized spacial score (nSPS) is 13.7. The highest BCUT2D eigenvalue weighted by atomic mass is 32.1. The maximum absolute atomic E-state index is 3.47. The van der Waals surface area contributed by atoms with Crippen LogP contribution in [0.4, 0.5) is 0 Å². The number of fused-ring (bicyclic) bond motifs is 1. The minimum Gasteiger partial charge on any atom is -0.312 e. The molecule has 0 atom stereocenters. The molecule has 0 amide bonds. The van der Waals surface area contributed by atoms with E-state index in [1.807, 2.05) is 11.3 Å². The van der Waals surface area contributed by atoms with E-state index in [1.165, 1.54) is 41.0 Å². The Bertz CT molecular complexity index is 556. The van der Waals surface area contributed by atoms with E-state index in [4.69, 9.17) is 0 Å². The van der Waals surface area contributed by atoms with Crippen molar-refractivity contribution in [2.24, 2.45) is 0 Å². The van der Waals surface area contributed by atoms with Crippen molar-refractivity contribution in [3.8, 4) is 10.4 Å². The molecule has 1 heterocycles. The first kappa shape index (κ1) is 12.9. The molecule has 0 saturated carbocycles. The Hall–Kier alpha value is -1.12. The number of hydrogen-bond acceptors (Lipinski definition) is 2. The van der Waals surface area contributed by atoms with E-state index < -0.39 is 0 Å². The Kier molecular flexibility index (Phi) is 4.00. The fraction of sp³-hybridized carbons (Fsp3) is 0.412. The Morgan fingerprint density at radius 1 is 1.11 bits per heavy atom. The average Bonchev–Trinajstić information content (AvgIpc) is 3.06. The molecule has 0 bridgehead atoms. The minimum absolute atomic E-state index is 1.00. The summed E-state index contributed by atoms with van der Waals surface area (Å²) in [6.07, 6.45) is 5.06. The molecule has 1 aromatic heterocycles. The molecule has 1 nitrogen and oxygen atoms in total. The number of benzene rings is 1. The zero-order chi connectivity index (χ0) is 13.1. The molecule has 100 valence electrons. The number of nitrogens with one attached hydrogen (secondary N) is 1. The number of thiophene rings is 1. The van der Waals surface area contributed by atoms with Crippen LogP contribution in [-0.2, 0) is 19.4 Å². The smallest absolute Gasteiger partial charge is 0.0346 e. The largest absolute Gasteiger partial charge is 0.312 e. The van der Waals surface area contributed by atoms with Crippen molar-refractivity contribution >= 4 is 11.3 Å². The van der Waals surface area contributed by atoms with Crippen LogP contribution in [0.3, 0.4) is 0 Å². The molecule has 0 radical (unpaired) electrons. The summed E-state index contributed by atoms with van der Waals surface area (Å²) in [5.74, 6) is 0. The molecule has 0 fully saturated rings. The van der Waals surface area contributed by atoms with Crippen LogP contribution in [0.1, 0.15) is 35.8 Å². The topological polar surface area (TPSA) is 12.0 Å². The molecule has 1 aliphatic rings. The molecule has 0 spiro atoms. The van der Waals surface area contributed by atoms with Gasteiger partial charge in [0.2, 0.25) is 0 Å². The predicted molar refractivity (Wildman–Crippen MR) is 83.8 cm³/mol. The first-order valence-corrected chi connectivity index (χ1v) is 8.10. The van der Waals surface area contributed by atoms with Gasteiger partial charge < -0.3 is 5.32 Å². The highest BCUT2D eigenvalue weighted by Gasteiger charge is 2.12. The third-order valence-electron chi connectivity index (χ3n) is 3.77. The second-order valence-corrected chi connectivity index (χ2v) is 6.45. The van der Waals surface area contributed by atoms with Crippen LogP contribution < -0.4 is 5.32 Å². The van der Waals surface area contributed by atoms with Crippen molar-refractivity contribution in [3.05, 3.63) is 46.3 Å². The van der Waals surface area contributed by atoms with Crippen molar-refractivity contribution < 1.29 is 0 Å². The Balaban J connectivity index is 1.75. The van der Waals surface area contributed by atoms with Crippen LogP contribution in [0.5, 0.6) is 0 Å². The van der Waals surface area contributed by atoms with Gasteiger partial charge in [-0.2, -0.15) is 0 Å². The van der Waals surface area contributed by atoms with Crippen molar-refractivity contribution in [2.75, 3.05) is 6.54 Å². The first-order chi connectivity index (χ1) is 9.36. The van der Waals surface area contributed by atoms with Crippen molar-refractivity contribution in [3.63, 3.8) is 0 Å². The first-order valence-electron chi connectivity index (χ1n) is 7.28. The van der Waals surface area contributed by atoms with Crippen molar-refractivity contribution in [1.82, 2.24) is 5.32 Å². The van der Waals surface area contributed by atoms with Crippen molar-refractivity contribution in [1.29, 1.82) is 0 Å². The lowest BCUT2D eigenvalue weighted by molar-refractivity contribution is 0.681. The van der Waals surface area contributed by atoms with Gasteiger partial charge in [-0.15, -0.1) is 11.3 Å². The number of hydrogen-bond donors (Lipinski definition) is 1. The fourth-order valence-corrected chi connectivity index (χ4v) is 3.72. The average molecular weight is 271 g/mol. The van der Waals surface area contributed by atoms with Crippen LogP contribution in [0.2, 0.25) is 0 Å². The van der Waals surface area contributed by atoms with Gasteiger partial charge in [0.15, 0.2) is 0 Å². The lowest BCUT2D eigenvalue weighted by Crippen LogP contribution is -2.12. The molecule has 0 unspecified atom stereocenters. The maximum atomic E-state index is 3.47. The van der Waals surface area contributed by atoms with Crippen LogP contribution in [0.15, 0.2) is 30.3 Å². The predicted octanol–water partition coefficient (Wildman–Crippen LogP) is 4.40. The highest BCUT2D eigenvalue weighted by molar-refractivity contribution is 7.15. The molecule has 3 rings (SSSR count). The van der Waals surface area contributed by atoms with Gasteiger partial charge in [0.1, 0.15) is 0 Å². The van der Waals surface area contributed by atoms with E-state index in [0.717, 1.165) is 13.1 Å². The van der Waals surface area contributed by atoms with Crippen molar-refractivity contribution in [2.45, 2.75) is 39.2 Å². The molecule has 1 N–H and O–H groups in total. The summed E-state index contributed by atoms with van der Waals surface area (Å²) in [5.41, 5.74) is 4.52. The summed E-state index contributed by atoms with van der Waals surface area (Å²) in [5, 5.41) is 3.47. The molecular weight excluding hydrogens is 250 g/mol. The molecular formula is C17H21NS. The van der Waals surface area contributed by atoms with Gasteiger partial charge in [-0.25, -0.2) is 0 Å². The van der Waals surface area contributed by atoms with Crippen LogP contribution in [0.25, 0.3) is 10.4 Å². The van der Waals surface area contributed by atoms with Crippen LogP contribution >= 0.6 is 11.3 Å². The molecule has 19 heavy (non-hydrogen) atoms. The maximum Gasteiger partial charge on any atom is 0.0346 e. The second-order valence-electron chi connectivity index (χ2n) is 5.28. The van der Waals surface area contributed by atoms with E-state index in [2.05, 4.69) is 42.6 Å². The summed E-state index contributed by atoms with van der Waals surface area (Å²) in [4.78, 5) is 2.84. The summed E-state index contributed by atoms with van der Waals surface area (Å²) >= 11 is 1.92. The Labute approximate surface area is 119 Å². The second kappa shape index (κ2) is 5.89. The van der Waals surface area contributed by atoms with E-state index in [9.17, 15) is 0 Å². The summed E-state index contributed by atoms with van der Waals surface area (Å²) < 4.78 is 0. The van der Waals surface area contributed by atoms with Gasteiger partial charge in [0, 0.05) is 16.3 Å². The van der Waals surface area contributed by atoms with E-state index in [-0.39, 0.29) is 0 Å². The van der Waals surface area contributed by atoms with Gasteiger partial charge in [-0.05, 0) is 61.1 Å². The molecule has 2 heteroatoms. The number of rotatable bonds is 5. The fourth-order valence-electron chi connectivity index (χ4n) is 2.74. The third-order valence-corrected chi connectivity index (χ3v) is 4.90. The SMILES string of the molecule is CCCNCc1ccc(-c2ccc3c(c2)CCC3)s1. The zero-order valence-electron chi connectivity index (χ0n) is 11.5. The van der Waals surface area contributed by atoms with Crippen LogP contribution in [0, 0.1) is 0 Å². The van der Waals surface area contributed by atoms with Gasteiger partial charge in [-0.1, -0.05) is 25.1 Å². The minimum atomic E-state index is 1.00. The Morgan fingerprint density at radius 2 is 2.00 bits per heavy atom. The van der Waals surface area contributed by atoms with E-state index in [0.29, 0.717) is 0 Å². The molecule has 0 aliphatic heterocycles. The standard InChI is InChI=1S/C17H21NS/c1-2-10-18-12-16-8-9-17(19-16)15-7-6-13-4-3-5-14(13)11-15/h6-9,11,18H,2-5,10,12H2,1H3. The van der Waals surface area contributed by atoms with Gasteiger partial charge >= 0.3 is 0 Å². The highest BCUT2D eigenvalue weighted by Crippen LogP contribution is 2.32. The molecule has 2 aromatic rings. The van der Waals surface area contributed by atoms with Gasteiger partial charge in [0.05, 0.1) is 0 Å². The quantitative estimate of drug-likeness (QED) is 0.795. The number of aryl methyl sites for hydroxylation is 2.